The third-order valence-electron chi connectivity index (χ3n) is 2.79. The molecule has 1 fully saturated rings. The molecule has 1 aliphatic rings. The molecule has 2 nitrogen and oxygen atoms in total. The van der Waals surface area contributed by atoms with Crippen molar-refractivity contribution >= 4 is 11.3 Å². The molecular formula is C10H16N2S. The Morgan fingerprint density at radius 3 is 3.00 bits per heavy atom. The second-order valence-corrected chi connectivity index (χ2v) is 4.63. The predicted molar refractivity (Wildman–Crippen MR) is 56.9 cm³/mol. The molecule has 1 saturated heterocycles. The Morgan fingerprint density at radius 2 is 2.38 bits per heavy atom. The van der Waals surface area contributed by atoms with Gasteiger partial charge in [0.05, 0.1) is 0 Å². The zero-order valence-corrected chi connectivity index (χ0v) is 8.76. The van der Waals surface area contributed by atoms with Crippen LogP contribution in [0.1, 0.15) is 24.4 Å². The van der Waals surface area contributed by atoms with E-state index >= 15 is 0 Å². The van der Waals surface area contributed by atoms with Gasteiger partial charge in [0.25, 0.3) is 0 Å². The lowest BCUT2D eigenvalue weighted by molar-refractivity contribution is 0.170. The minimum Gasteiger partial charge on any atom is -0.327 e. The highest BCUT2D eigenvalue weighted by atomic mass is 32.1. The van der Waals surface area contributed by atoms with Gasteiger partial charge in [0, 0.05) is 18.6 Å². The zero-order valence-electron chi connectivity index (χ0n) is 7.94. The Labute approximate surface area is 83.4 Å². The number of likely N-dealkylation sites (N-methyl/N-ethyl adjacent to an activating group) is 1. The summed E-state index contributed by atoms with van der Waals surface area (Å²) in [5.41, 5.74) is 7.36. The Balaban J connectivity index is 2.08. The van der Waals surface area contributed by atoms with Crippen LogP contribution in [0.4, 0.5) is 0 Å². The van der Waals surface area contributed by atoms with Gasteiger partial charge < -0.3 is 5.73 Å². The molecule has 2 N–H and O–H groups in total. The summed E-state index contributed by atoms with van der Waals surface area (Å²) in [7, 11) is 2.17. The normalized spacial score (nSPS) is 30.6. The topological polar surface area (TPSA) is 29.3 Å². The Bertz CT molecular complexity index is 258. The van der Waals surface area contributed by atoms with Gasteiger partial charge in [-0.15, -0.1) is 0 Å². The van der Waals surface area contributed by atoms with Crippen molar-refractivity contribution in [2.24, 2.45) is 5.73 Å². The van der Waals surface area contributed by atoms with Crippen LogP contribution in [0.2, 0.25) is 0 Å². The fourth-order valence-corrected chi connectivity index (χ4v) is 2.77. The first-order chi connectivity index (χ1) is 6.27. The summed E-state index contributed by atoms with van der Waals surface area (Å²) >= 11 is 1.78. The van der Waals surface area contributed by atoms with Crippen LogP contribution in [0.3, 0.4) is 0 Å². The van der Waals surface area contributed by atoms with Crippen molar-refractivity contribution in [3.05, 3.63) is 22.4 Å². The van der Waals surface area contributed by atoms with E-state index in [-0.39, 0.29) is 0 Å². The average molecular weight is 196 g/mol. The highest BCUT2D eigenvalue weighted by molar-refractivity contribution is 7.07. The molecule has 1 aromatic rings. The Morgan fingerprint density at radius 1 is 1.54 bits per heavy atom. The lowest BCUT2D eigenvalue weighted by atomic mass is 9.95. The number of likely N-dealkylation sites (tertiary alicyclic amines) is 1. The first kappa shape index (κ1) is 9.19. The number of piperidine rings is 1. The summed E-state index contributed by atoms with van der Waals surface area (Å²) in [6, 6.07) is 3.20. The van der Waals surface area contributed by atoms with Gasteiger partial charge in [0.15, 0.2) is 0 Å². The van der Waals surface area contributed by atoms with E-state index in [1.165, 1.54) is 12.0 Å². The van der Waals surface area contributed by atoms with Gasteiger partial charge in [-0.1, -0.05) is 0 Å². The molecule has 1 aliphatic heterocycles. The van der Waals surface area contributed by atoms with Crippen LogP contribution >= 0.6 is 11.3 Å². The first-order valence-corrected chi connectivity index (χ1v) is 5.69. The quantitative estimate of drug-likeness (QED) is 0.742. The molecule has 0 saturated carbocycles. The fraction of sp³-hybridized carbons (Fsp3) is 0.600. The molecule has 0 radical (unpaired) electrons. The van der Waals surface area contributed by atoms with Gasteiger partial charge in [-0.2, -0.15) is 11.3 Å². The number of thiophene rings is 1. The van der Waals surface area contributed by atoms with E-state index < -0.39 is 0 Å². The number of hydrogen-bond acceptors (Lipinski definition) is 3. The van der Waals surface area contributed by atoms with E-state index in [0.29, 0.717) is 12.1 Å². The SMILES string of the molecule is CN1CC(N)CCC1c1ccsc1. The van der Waals surface area contributed by atoms with Crippen LogP contribution in [0.5, 0.6) is 0 Å². The fourth-order valence-electron chi connectivity index (χ4n) is 2.07. The van der Waals surface area contributed by atoms with Gasteiger partial charge in [-0.3, -0.25) is 4.90 Å². The predicted octanol–water partition coefficient (Wildman–Crippen LogP) is 1.84. The lowest BCUT2D eigenvalue weighted by Crippen LogP contribution is -2.42. The molecular weight excluding hydrogens is 180 g/mol. The van der Waals surface area contributed by atoms with E-state index in [2.05, 4.69) is 28.8 Å². The molecule has 0 amide bonds. The van der Waals surface area contributed by atoms with E-state index in [9.17, 15) is 0 Å². The molecule has 72 valence electrons. The van der Waals surface area contributed by atoms with Crippen molar-refractivity contribution in [2.75, 3.05) is 13.6 Å². The van der Waals surface area contributed by atoms with Crippen molar-refractivity contribution in [3.8, 4) is 0 Å². The first-order valence-electron chi connectivity index (χ1n) is 4.75. The summed E-state index contributed by atoms with van der Waals surface area (Å²) in [5.74, 6) is 0. The van der Waals surface area contributed by atoms with E-state index in [1.807, 2.05) is 0 Å². The molecule has 0 spiro atoms. The van der Waals surface area contributed by atoms with E-state index in [1.54, 1.807) is 11.3 Å². The van der Waals surface area contributed by atoms with Gasteiger partial charge in [-0.05, 0) is 42.3 Å². The molecule has 0 bridgehead atoms. The third-order valence-corrected chi connectivity index (χ3v) is 3.49. The minimum absolute atomic E-state index is 0.375. The maximum Gasteiger partial charge on any atom is 0.0354 e. The van der Waals surface area contributed by atoms with Crippen molar-refractivity contribution < 1.29 is 0 Å². The second kappa shape index (κ2) is 3.78. The Hall–Kier alpha value is -0.380. The maximum absolute atomic E-state index is 5.90. The molecule has 3 heteroatoms. The molecule has 2 rings (SSSR count). The van der Waals surface area contributed by atoms with Crippen molar-refractivity contribution in [1.29, 1.82) is 0 Å². The highest BCUT2D eigenvalue weighted by Gasteiger charge is 2.24. The second-order valence-electron chi connectivity index (χ2n) is 3.85. The molecule has 13 heavy (non-hydrogen) atoms. The molecule has 0 aliphatic carbocycles. The van der Waals surface area contributed by atoms with Gasteiger partial charge in [-0.25, -0.2) is 0 Å². The van der Waals surface area contributed by atoms with Crippen LogP contribution in [0.15, 0.2) is 16.8 Å². The lowest BCUT2D eigenvalue weighted by Gasteiger charge is -2.35. The smallest absolute Gasteiger partial charge is 0.0354 e. The van der Waals surface area contributed by atoms with E-state index in [0.717, 1.165) is 13.0 Å². The standard InChI is InChI=1S/C10H16N2S/c1-12-6-9(11)2-3-10(12)8-4-5-13-7-8/h4-5,7,9-10H,2-3,6,11H2,1H3. The van der Waals surface area contributed by atoms with Crippen LogP contribution in [-0.4, -0.2) is 24.5 Å². The van der Waals surface area contributed by atoms with Crippen LogP contribution in [-0.2, 0) is 0 Å². The molecule has 2 atom stereocenters. The summed E-state index contributed by atoms with van der Waals surface area (Å²) in [5, 5.41) is 4.40. The summed E-state index contributed by atoms with van der Waals surface area (Å²) in [6.45, 7) is 1.03. The summed E-state index contributed by atoms with van der Waals surface area (Å²) in [4.78, 5) is 2.37. The number of hydrogen-bond donors (Lipinski definition) is 1. The third kappa shape index (κ3) is 1.93. The average Bonchev–Trinajstić information content (AvgIpc) is 2.56. The van der Waals surface area contributed by atoms with Gasteiger partial charge in [0.1, 0.15) is 0 Å². The summed E-state index contributed by atoms with van der Waals surface area (Å²) in [6.07, 6.45) is 2.36. The van der Waals surface area contributed by atoms with Crippen LogP contribution in [0, 0.1) is 0 Å². The largest absolute Gasteiger partial charge is 0.327 e. The van der Waals surface area contributed by atoms with Gasteiger partial charge >= 0.3 is 0 Å². The molecule has 0 aromatic carbocycles. The number of nitrogens with zero attached hydrogens (tertiary/aromatic N) is 1. The zero-order chi connectivity index (χ0) is 9.26. The van der Waals surface area contributed by atoms with Gasteiger partial charge in [0.2, 0.25) is 0 Å². The molecule has 1 aromatic heterocycles. The molecule has 2 unspecified atom stereocenters. The van der Waals surface area contributed by atoms with E-state index in [4.69, 9.17) is 5.73 Å². The monoisotopic (exact) mass is 196 g/mol. The van der Waals surface area contributed by atoms with Crippen molar-refractivity contribution in [1.82, 2.24) is 4.90 Å². The van der Waals surface area contributed by atoms with Crippen LogP contribution < -0.4 is 5.73 Å². The highest BCUT2D eigenvalue weighted by Crippen LogP contribution is 2.30. The Kier molecular flexibility index (Phi) is 2.67. The molecule has 2 heterocycles. The van der Waals surface area contributed by atoms with Crippen LogP contribution in [0.25, 0.3) is 0 Å². The summed E-state index contributed by atoms with van der Waals surface area (Å²) < 4.78 is 0. The van der Waals surface area contributed by atoms with Crippen molar-refractivity contribution in [2.45, 2.75) is 24.9 Å². The number of nitrogens with two attached hydrogens (primary N) is 1. The number of rotatable bonds is 1. The minimum atomic E-state index is 0.375. The maximum atomic E-state index is 5.90. The van der Waals surface area contributed by atoms with Crippen molar-refractivity contribution in [3.63, 3.8) is 0 Å².